The van der Waals surface area contributed by atoms with Gasteiger partial charge >= 0.3 is 18.0 Å². The standard InChI is InChI=1S/C13H22N2O5/c1-8-4-3-5-9(6-8)15(2)13(20)14-10(12(18)19)7-11(16)17/h8-10H,3-7H2,1-2H3,(H,14,20)(H,16,17)(H,18,19)/t8?,9?,10-/m0/s1. The minimum atomic E-state index is -1.40. The summed E-state index contributed by atoms with van der Waals surface area (Å²) in [5.41, 5.74) is 0. The number of carbonyl (C=O) groups is 3. The highest BCUT2D eigenvalue weighted by Gasteiger charge is 2.29. The lowest BCUT2D eigenvalue weighted by molar-refractivity contribution is -0.145. The Kier molecular flexibility index (Phi) is 5.79. The second kappa shape index (κ2) is 7.12. The predicted molar refractivity (Wildman–Crippen MR) is 71.4 cm³/mol. The molecular weight excluding hydrogens is 264 g/mol. The molecule has 0 spiro atoms. The molecule has 3 atom stereocenters. The molecule has 1 saturated carbocycles. The van der Waals surface area contributed by atoms with Crippen molar-refractivity contribution in [1.29, 1.82) is 0 Å². The van der Waals surface area contributed by atoms with Gasteiger partial charge in [0.05, 0.1) is 6.42 Å². The molecule has 0 aromatic carbocycles. The van der Waals surface area contributed by atoms with Crippen molar-refractivity contribution in [3.05, 3.63) is 0 Å². The summed E-state index contributed by atoms with van der Waals surface area (Å²) in [7, 11) is 1.62. The van der Waals surface area contributed by atoms with Gasteiger partial charge in [-0.1, -0.05) is 19.8 Å². The van der Waals surface area contributed by atoms with Crippen molar-refractivity contribution in [2.45, 2.75) is 51.1 Å². The average molecular weight is 286 g/mol. The molecule has 0 heterocycles. The molecule has 1 fully saturated rings. The van der Waals surface area contributed by atoms with Crippen molar-refractivity contribution in [2.75, 3.05) is 7.05 Å². The van der Waals surface area contributed by atoms with Crippen molar-refractivity contribution in [3.8, 4) is 0 Å². The number of amides is 2. The van der Waals surface area contributed by atoms with Gasteiger partial charge in [-0.05, 0) is 18.8 Å². The Bertz CT molecular complexity index is 385. The van der Waals surface area contributed by atoms with Crippen LogP contribution >= 0.6 is 0 Å². The highest BCUT2D eigenvalue weighted by Crippen LogP contribution is 2.26. The van der Waals surface area contributed by atoms with E-state index in [0.717, 1.165) is 25.7 Å². The number of aliphatic carboxylic acids is 2. The first-order valence-electron chi connectivity index (χ1n) is 6.79. The van der Waals surface area contributed by atoms with Crippen molar-refractivity contribution < 1.29 is 24.6 Å². The fraction of sp³-hybridized carbons (Fsp3) is 0.769. The topological polar surface area (TPSA) is 107 Å². The lowest BCUT2D eigenvalue weighted by Crippen LogP contribution is -2.51. The second-order valence-corrected chi connectivity index (χ2v) is 5.47. The number of urea groups is 1. The molecular formula is C13H22N2O5. The molecule has 0 saturated heterocycles. The SMILES string of the molecule is CC1CCCC(N(C)C(=O)N[C@@H](CC(=O)O)C(=O)O)C1. The Balaban J connectivity index is 2.58. The van der Waals surface area contributed by atoms with Crippen molar-refractivity contribution >= 4 is 18.0 Å². The van der Waals surface area contributed by atoms with Crippen LogP contribution in [0, 0.1) is 5.92 Å². The van der Waals surface area contributed by atoms with E-state index in [2.05, 4.69) is 12.2 Å². The molecule has 2 unspecified atom stereocenters. The van der Waals surface area contributed by atoms with E-state index >= 15 is 0 Å². The maximum atomic E-state index is 12.0. The number of hydrogen-bond donors (Lipinski definition) is 3. The van der Waals surface area contributed by atoms with Crippen molar-refractivity contribution in [1.82, 2.24) is 10.2 Å². The van der Waals surface area contributed by atoms with Gasteiger partial charge in [0.15, 0.2) is 0 Å². The number of nitrogens with one attached hydrogen (secondary N) is 1. The van der Waals surface area contributed by atoms with Gasteiger partial charge in [0.2, 0.25) is 0 Å². The maximum Gasteiger partial charge on any atom is 0.326 e. The average Bonchev–Trinajstić information content (AvgIpc) is 2.36. The number of hydrogen-bond acceptors (Lipinski definition) is 3. The van der Waals surface area contributed by atoms with Crippen LogP contribution in [-0.2, 0) is 9.59 Å². The van der Waals surface area contributed by atoms with Crippen molar-refractivity contribution in [3.63, 3.8) is 0 Å². The van der Waals surface area contributed by atoms with E-state index in [9.17, 15) is 14.4 Å². The molecule has 0 aromatic rings. The largest absolute Gasteiger partial charge is 0.481 e. The summed E-state index contributed by atoms with van der Waals surface area (Å²) >= 11 is 0. The van der Waals surface area contributed by atoms with Crippen LogP contribution in [0.3, 0.4) is 0 Å². The third kappa shape index (κ3) is 4.71. The Labute approximate surface area is 117 Å². The van der Waals surface area contributed by atoms with Crippen LogP contribution in [0.2, 0.25) is 0 Å². The monoisotopic (exact) mass is 286 g/mol. The number of carboxylic acids is 2. The number of rotatable bonds is 5. The van der Waals surface area contributed by atoms with Crippen LogP contribution in [0.4, 0.5) is 4.79 Å². The maximum absolute atomic E-state index is 12.0. The zero-order valence-electron chi connectivity index (χ0n) is 11.8. The Hall–Kier alpha value is -1.79. The van der Waals surface area contributed by atoms with Gasteiger partial charge in [-0.2, -0.15) is 0 Å². The molecule has 0 aromatic heterocycles. The zero-order chi connectivity index (χ0) is 15.3. The van der Waals surface area contributed by atoms with Gasteiger partial charge in [0, 0.05) is 13.1 Å². The van der Waals surface area contributed by atoms with E-state index in [-0.39, 0.29) is 6.04 Å². The lowest BCUT2D eigenvalue weighted by atomic mass is 9.86. The summed E-state index contributed by atoms with van der Waals surface area (Å²) in [5, 5.41) is 19.8. The van der Waals surface area contributed by atoms with Gasteiger partial charge in [0.25, 0.3) is 0 Å². The van der Waals surface area contributed by atoms with E-state index in [4.69, 9.17) is 10.2 Å². The summed E-state index contributed by atoms with van der Waals surface area (Å²) in [6, 6.07) is -1.85. The van der Waals surface area contributed by atoms with Crippen molar-refractivity contribution in [2.24, 2.45) is 5.92 Å². The van der Waals surface area contributed by atoms with Crippen LogP contribution in [0.25, 0.3) is 0 Å². The highest BCUT2D eigenvalue weighted by atomic mass is 16.4. The van der Waals surface area contributed by atoms with Crippen LogP contribution < -0.4 is 5.32 Å². The van der Waals surface area contributed by atoms with Gasteiger partial charge in [-0.3, -0.25) is 4.79 Å². The highest BCUT2D eigenvalue weighted by molar-refractivity contribution is 5.86. The van der Waals surface area contributed by atoms with Gasteiger partial charge < -0.3 is 20.4 Å². The Morgan fingerprint density at radius 3 is 2.45 bits per heavy atom. The first-order valence-corrected chi connectivity index (χ1v) is 6.79. The molecule has 114 valence electrons. The van der Waals surface area contributed by atoms with Crippen LogP contribution in [0.15, 0.2) is 0 Å². The normalized spacial score (nSPS) is 23.7. The molecule has 1 rings (SSSR count). The Morgan fingerprint density at radius 1 is 1.30 bits per heavy atom. The van der Waals surface area contributed by atoms with Gasteiger partial charge in [0.1, 0.15) is 6.04 Å². The van der Waals surface area contributed by atoms with Gasteiger partial charge in [-0.25, -0.2) is 9.59 Å². The summed E-state index contributed by atoms with van der Waals surface area (Å²) in [6.07, 6.45) is 3.34. The molecule has 7 nitrogen and oxygen atoms in total. The van der Waals surface area contributed by atoms with E-state index in [1.54, 1.807) is 7.05 Å². The molecule has 0 radical (unpaired) electrons. The lowest BCUT2D eigenvalue weighted by Gasteiger charge is -2.34. The molecule has 20 heavy (non-hydrogen) atoms. The summed E-state index contributed by atoms with van der Waals surface area (Å²) in [6.45, 7) is 2.13. The van der Waals surface area contributed by atoms with E-state index in [0.29, 0.717) is 5.92 Å². The molecule has 7 heteroatoms. The smallest absolute Gasteiger partial charge is 0.326 e. The molecule has 3 N–H and O–H groups in total. The quantitative estimate of drug-likeness (QED) is 0.702. The minimum Gasteiger partial charge on any atom is -0.481 e. The summed E-state index contributed by atoms with van der Waals surface area (Å²) < 4.78 is 0. The third-order valence-electron chi connectivity index (χ3n) is 3.75. The van der Waals surface area contributed by atoms with E-state index in [1.807, 2.05) is 0 Å². The van der Waals surface area contributed by atoms with Gasteiger partial charge in [-0.15, -0.1) is 0 Å². The minimum absolute atomic E-state index is 0.0815. The molecule has 0 aliphatic heterocycles. The summed E-state index contributed by atoms with van der Waals surface area (Å²) in [5.74, 6) is -2.06. The fourth-order valence-electron chi connectivity index (χ4n) is 2.55. The predicted octanol–water partition coefficient (Wildman–Crippen LogP) is 1.13. The molecule has 1 aliphatic rings. The third-order valence-corrected chi connectivity index (χ3v) is 3.75. The zero-order valence-corrected chi connectivity index (χ0v) is 11.8. The van der Waals surface area contributed by atoms with Crippen LogP contribution in [0.1, 0.15) is 39.0 Å². The first kappa shape index (κ1) is 16.3. The molecule has 1 aliphatic carbocycles. The van der Waals surface area contributed by atoms with Crippen LogP contribution in [0.5, 0.6) is 0 Å². The second-order valence-electron chi connectivity index (χ2n) is 5.47. The van der Waals surface area contributed by atoms with E-state index in [1.165, 1.54) is 4.90 Å². The summed E-state index contributed by atoms with van der Waals surface area (Å²) in [4.78, 5) is 35.0. The van der Waals surface area contributed by atoms with E-state index < -0.39 is 30.4 Å². The fourth-order valence-corrected chi connectivity index (χ4v) is 2.55. The molecule has 2 amide bonds. The number of carbonyl (C=O) groups excluding carboxylic acids is 1. The number of carboxylic acid groups (broad SMARTS) is 2. The Morgan fingerprint density at radius 2 is 1.95 bits per heavy atom. The van der Waals surface area contributed by atoms with Crippen LogP contribution in [-0.4, -0.2) is 52.2 Å². The molecule has 0 bridgehead atoms. The number of nitrogens with zero attached hydrogens (tertiary/aromatic N) is 1. The first-order chi connectivity index (χ1) is 9.31.